The van der Waals surface area contributed by atoms with E-state index in [-0.39, 0.29) is 5.41 Å². The topological polar surface area (TPSA) is 26.0 Å². The van der Waals surface area contributed by atoms with Crippen molar-refractivity contribution in [2.24, 2.45) is 11.7 Å². The second kappa shape index (κ2) is 3.09. The van der Waals surface area contributed by atoms with Crippen LogP contribution in [0.1, 0.15) is 31.4 Å². The lowest BCUT2D eigenvalue weighted by Gasteiger charge is -2.21. The van der Waals surface area contributed by atoms with Crippen LogP contribution in [0.15, 0.2) is 24.3 Å². The largest absolute Gasteiger partial charge is 0.327 e. The maximum atomic E-state index is 6.08. The molecule has 0 saturated heterocycles. The lowest BCUT2D eigenvalue weighted by Crippen LogP contribution is -2.24. The molecule has 0 amide bonds. The molecule has 1 nitrogen and oxygen atoms in total. The molecule has 0 aromatic heterocycles. The molecule has 1 aromatic carbocycles. The van der Waals surface area contributed by atoms with Gasteiger partial charge in [0, 0.05) is 11.5 Å². The summed E-state index contributed by atoms with van der Waals surface area (Å²) in [5, 5.41) is 0. The molecule has 1 aromatic rings. The first-order valence-corrected chi connectivity index (χ1v) is 5.40. The minimum atomic E-state index is 0.270. The summed E-state index contributed by atoms with van der Waals surface area (Å²) in [7, 11) is 0. The van der Waals surface area contributed by atoms with Crippen LogP contribution in [0.3, 0.4) is 0 Å². The molecular formula is C13H19N. The van der Waals surface area contributed by atoms with Gasteiger partial charge in [0.2, 0.25) is 0 Å². The van der Waals surface area contributed by atoms with E-state index in [2.05, 4.69) is 45.0 Å². The van der Waals surface area contributed by atoms with E-state index >= 15 is 0 Å². The first-order valence-electron chi connectivity index (χ1n) is 5.40. The van der Waals surface area contributed by atoms with E-state index < -0.39 is 0 Å². The van der Waals surface area contributed by atoms with Crippen LogP contribution in [-0.4, -0.2) is 6.04 Å². The normalized spacial score (nSPS) is 30.8. The lowest BCUT2D eigenvalue weighted by molar-refractivity contribution is 0.466. The van der Waals surface area contributed by atoms with Gasteiger partial charge < -0.3 is 5.73 Å². The standard InChI is InChI=1S/C13H19N/c1-9(2)13(8-12(13)14)11-6-4-5-10(3)7-11/h4-7,9,12H,8,14H2,1-3H3/t12-,13?/m1/s1. The molecular weight excluding hydrogens is 170 g/mol. The van der Waals surface area contributed by atoms with Gasteiger partial charge in [-0.05, 0) is 24.8 Å². The van der Waals surface area contributed by atoms with Crippen LogP contribution in [0.5, 0.6) is 0 Å². The smallest absolute Gasteiger partial charge is 0.0148 e. The van der Waals surface area contributed by atoms with E-state index in [1.807, 2.05) is 0 Å². The van der Waals surface area contributed by atoms with Crippen molar-refractivity contribution in [1.82, 2.24) is 0 Å². The van der Waals surface area contributed by atoms with Crippen LogP contribution in [0.4, 0.5) is 0 Å². The molecule has 0 radical (unpaired) electrons. The molecule has 0 bridgehead atoms. The van der Waals surface area contributed by atoms with Gasteiger partial charge in [0.25, 0.3) is 0 Å². The summed E-state index contributed by atoms with van der Waals surface area (Å²) in [4.78, 5) is 0. The molecule has 1 heteroatoms. The molecule has 1 saturated carbocycles. The summed E-state index contributed by atoms with van der Waals surface area (Å²) in [6, 6.07) is 9.15. The highest BCUT2D eigenvalue weighted by Crippen LogP contribution is 2.52. The van der Waals surface area contributed by atoms with Gasteiger partial charge in [-0.25, -0.2) is 0 Å². The van der Waals surface area contributed by atoms with Crippen molar-refractivity contribution >= 4 is 0 Å². The molecule has 1 unspecified atom stereocenters. The summed E-state index contributed by atoms with van der Waals surface area (Å²) in [6.07, 6.45) is 1.15. The van der Waals surface area contributed by atoms with Gasteiger partial charge in [-0.3, -0.25) is 0 Å². The molecule has 1 fully saturated rings. The van der Waals surface area contributed by atoms with Crippen LogP contribution >= 0.6 is 0 Å². The number of rotatable bonds is 2. The van der Waals surface area contributed by atoms with Gasteiger partial charge in [0.15, 0.2) is 0 Å². The fourth-order valence-corrected chi connectivity index (χ4v) is 2.57. The number of benzene rings is 1. The Hall–Kier alpha value is -0.820. The highest BCUT2D eigenvalue weighted by Gasteiger charge is 2.55. The third kappa shape index (κ3) is 1.27. The van der Waals surface area contributed by atoms with Crippen molar-refractivity contribution < 1.29 is 0 Å². The van der Waals surface area contributed by atoms with E-state index in [1.165, 1.54) is 11.1 Å². The van der Waals surface area contributed by atoms with Crippen molar-refractivity contribution in [3.8, 4) is 0 Å². The number of hydrogen-bond donors (Lipinski definition) is 1. The van der Waals surface area contributed by atoms with Crippen LogP contribution in [0.2, 0.25) is 0 Å². The zero-order chi connectivity index (χ0) is 10.3. The zero-order valence-corrected chi connectivity index (χ0v) is 9.25. The maximum absolute atomic E-state index is 6.08. The van der Waals surface area contributed by atoms with Gasteiger partial charge in [0.1, 0.15) is 0 Å². The predicted octanol–water partition coefficient (Wildman–Crippen LogP) is 2.62. The number of aryl methyl sites for hydroxylation is 1. The SMILES string of the molecule is Cc1cccc(C2(C(C)C)C[C@H]2N)c1. The van der Waals surface area contributed by atoms with Crippen LogP contribution < -0.4 is 5.73 Å². The summed E-state index contributed by atoms with van der Waals surface area (Å²) < 4.78 is 0. The van der Waals surface area contributed by atoms with Crippen molar-refractivity contribution in [1.29, 1.82) is 0 Å². The number of hydrogen-bond acceptors (Lipinski definition) is 1. The highest BCUT2D eigenvalue weighted by atomic mass is 14.8. The second-order valence-electron chi connectivity index (χ2n) is 4.88. The highest BCUT2D eigenvalue weighted by molar-refractivity contribution is 5.38. The van der Waals surface area contributed by atoms with Gasteiger partial charge >= 0.3 is 0 Å². The molecule has 0 heterocycles. The Morgan fingerprint density at radius 1 is 1.43 bits per heavy atom. The Morgan fingerprint density at radius 2 is 2.07 bits per heavy atom. The minimum Gasteiger partial charge on any atom is -0.327 e. The van der Waals surface area contributed by atoms with E-state index in [1.54, 1.807) is 0 Å². The summed E-state index contributed by atoms with van der Waals surface area (Å²) in [5.74, 6) is 0.638. The average Bonchev–Trinajstić information content (AvgIpc) is 2.79. The first-order chi connectivity index (χ1) is 6.57. The second-order valence-corrected chi connectivity index (χ2v) is 4.88. The molecule has 1 aliphatic rings. The summed E-state index contributed by atoms with van der Waals surface area (Å²) in [5.41, 5.74) is 9.12. The van der Waals surface area contributed by atoms with Crippen molar-refractivity contribution in [3.63, 3.8) is 0 Å². The maximum Gasteiger partial charge on any atom is 0.0148 e. The average molecular weight is 189 g/mol. The first kappa shape index (κ1) is 9.72. The Kier molecular flexibility index (Phi) is 2.15. The van der Waals surface area contributed by atoms with E-state index in [0.29, 0.717) is 12.0 Å². The van der Waals surface area contributed by atoms with Crippen molar-refractivity contribution in [3.05, 3.63) is 35.4 Å². The van der Waals surface area contributed by atoms with Crippen LogP contribution in [-0.2, 0) is 5.41 Å². The van der Waals surface area contributed by atoms with E-state index in [9.17, 15) is 0 Å². The third-order valence-corrected chi connectivity index (χ3v) is 3.64. The zero-order valence-electron chi connectivity index (χ0n) is 9.25. The Balaban J connectivity index is 2.39. The van der Waals surface area contributed by atoms with Gasteiger partial charge in [0.05, 0.1) is 0 Å². The summed E-state index contributed by atoms with van der Waals surface area (Å²) >= 11 is 0. The predicted molar refractivity (Wildman–Crippen MR) is 60.3 cm³/mol. The molecule has 0 aliphatic heterocycles. The molecule has 76 valence electrons. The van der Waals surface area contributed by atoms with Gasteiger partial charge in [-0.2, -0.15) is 0 Å². The Labute approximate surface area is 86.3 Å². The molecule has 1 aliphatic carbocycles. The molecule has 2 N–H and O–H groups in total. The monoisotopic (exact) mass is 189 g/mol. The number of nitrogens with two attached hydrogens (primary N) is 1. The van der Waals surface area contributed by atoms with Crippen LogP contribution in [0.25, 0.3) is 0 Å². The molecule has 14 heavy (non-hydrogen) atoms. The van der Waals surface area contributed by atoms with Gasteiger partial charge in [-0.1, -0.05) is 43.7 Å². The van der Waals surface area contributed by atoms with Crippen molar-refractivity contribution in [2.45, 2.75) is 38.6 Å². The molecule has 2 atom stereocenters. The Bertz CT molecular complexity index is 343. The van der Waals surface area contributed by atoms with E-state index in [4.69, 9.17) is 5.73 Å². The van der Waals surface area contributed by atoms with Gasteiger partial charge in [-0.15, -0.1) is 0 Å². The van der Waals surface area contributed by atoms with Crippen molar-refractivity contribution in [2.75, 3.05) is 0 Å². The summed E-state index contributed by atoms with van der Waals surface area (Å²) in [6.45, 7) is 6.69. The molecule has 2 rings (SSSR count). The van der Waals surface area contributed by atoms with Crippen LogP contribution in [0, 0.1) is 12.8 Å². The molecule has 0 spiro atoms. The lowest BCUT2D eigenvalue weighted by atomic mass is 9.83. The third-order valence-electron chi connectivity index (χ3n) is 3.64. The van der Waals surface area contributed by atoms with E-state index in [0.717, 1.165) is 6.42 Å². The Morgan fingerprint density at radius 3 is 2.50 bits per heavy atom. The fraction of sp³-hybridized carbons (Fsp3) is 0.538. The fourth-order valence-electron chi connectivity index (χ4n) is 2.57. The minimum absolute atomic E-state index is 0.270. The quantitative estimate of drug-likeness (QED) is 0.760.